The highest BCUT2D eigenvalue weighted by Gasteiger charge is 2.26. The third kappa shape index (κ3) is 6.71. The second-order valence-corrected chi connectivity index (χ2v) is 6.48. The van der Waals surface area contributed by atoms with Gasteiger partial charge in [0.15, 0.2) is 5.76 Å². The van der Waals surface area contributed by atoms with Crippen molar-refractivity contribution in [1.82, 2.24) is 15.3 Å². The molecule has 0 spiro atoms. The first-order valence-electron chi connectivity index (χ1n) is 8.98. The van der Waals surface area contributed by atoms with Gasteiger partial charge in [0.1, 0.15) is 6.04 Å². The summed E-state index contributed by atoms with van der Waals surface area (Å²) < 4.78 is 20.6. The minimum absolute atomic E-state index is 0.00969. The standard InChI is InChI=1S/C19H29N3O6/c1-8-12(4)16(17(23)20-13(9-11(2)3)18(24)27-7)28-19-21-14(25-5)10-15(22-19)26-6/h10-11,13H,8-9H2,1-7H3,(H,20,23)/t13-/m0/s1. The van der Waals surface area contributed by atoms with Gasteiger partial charge in [-0.1, -0.05) is 20.8 Å². The van der Waals surface area contributed by atoms with Gasteiger partial charge in [-0.2, -0.15) is 9.97 Å². The number of nitrogens with zero attached hydrogens (tertiary/aromatic N) is 2. The average Bonchev–Trinajstić information content (AvgIpc) is 2.69. The Hall–Kier alpha value is -2.84. The Kier molecular flexibility index (Phi) is 9.20. The molecule has 1 aromatic heterocycles. The third-order valence-corrected chi connectivity index (χ3v) is 3.89. The van der Waals surface area contributed by atoms with E-state index in [1.54, 1.807) is 6.92 Å². The molecular formula is C19H29N3O6. The van der Waals surface area contributed by atoms with Gasteiger partial charge in [0.25, 0.3) is 5.91 Å². The van der Waals surface area contributed by atoms with Gasteiger partial charge >= 0.3 is 12.0 Å². The van der Waals surface area contributed by atoms with Crippen LogP contribution in [0.3, 0.4) is 0 Å². The van der Waals surface area contributed by atoms with Crippen LogP contribution >= 0.6 is 0 Å². The number of carbonyl (C=O) groups is 2. The van der Waals surface area contributed by atoms with Gasteiger partial charge in [0.05, 0.1) is 27.4 Å². The molecule has 0 unspecified atom stereocenters. The van der Waals surface area contributed by atoms with E-state index in [4.69, 9.17) is 18.9 Å². The van der Waals surface area contributed by atoms with E-state index in [1.165, 1.54) is 27.4 Å². The number of hydrogen-bond donors (Lipinski definition) is 1. The smallest absolute Gasteiger partial charge is 0.328 e. The summed E-state index contributed by atoms with van der Waals surface area (Å²) in [6.07, 6.45) is 0.983. The molecule has 9 heteroatoms. The van der Waals surface area contributed by atoms with Gasteiger partial charge in [-0.15, -0.1) is 0 Å². The van der Waals surface area contributed by atoms with E-state index in [9.17, 15) is 9.59 Å². The van der Waals surface area contributed by atoms with Crippen molar-refractivity contribution < 1.29 is 28.5 Å². The van der Waals surface area contributed by atoms with Crippen LogP contribution in [0.5, 0.6) is 17.8 Å². The number of methoxy groups -OCH3 is 3. The highest BCUT2D eigenvalue weighted by molar-refractivity contribution is 5.95. The highest BCUT2D eigenvalue weighted by atomic mass is 16.5. The lowest BCUT2D eigenvalue weighted by atomic mass is 10.0. The van der Waals surface area contributed by atoms with Crippen molar-refractivity contribution in [1.29, 1.82) is 0 Å². The first kappa shape index (κ1) is 23.2. The number of esters is 1. The molecule has 1 N–H and O–H groups in total. The molecule has 156 valence electrons. The van der Waals surface area contributed by atoms with E-state index in [-0.39, 0.29) is 29.4 Å². The predicted octanol–water partition coefficient (Wildman–Crippen LogP) is 2.26. The Morgan fingerprint density at radius 1 is 1.11 bits per heavy atom. The Labute approximate surface area is 165 Å². The minimum Gasteiger partial charge on any atom is -0.481 e. The number of rotatable bonds is 10. The summed E-state index contributed by atoms with van der Waals surface area (Å²) in [4.78, 5) is 33.0. The Morgan fingerprint density at radius 2 is 1.68 bits per heavy atom. The SMILES string of the molecule is CCC(C)=C(Oc1nc(OC)cc(OC)n1)C(=O)N[C@@H](CC(C)C)C(=O)OC. The minimum atomic E-state index is -0.790. The normalized spacial score (nSPS) is 12.7. The number of amides is 1. The Morgan fingerprint density at radius 3 is 2.11 bits per heavy atom. The molecule has 0 saturated heterocycles. The van der Waals surface area contributed by atoms with E-state index < -0.39 is 17.9 Å². The van der Waals surface area contributed by atoms with Crippen molar-refractivity contribution in [3.05, 3.63) is 17.4 Å². The van der Waals surface area contributed by atoms with Gasteiger partial charge < -0.3 is 24.3 Å². The monoisotopic (exact) mass is 395 g/mol. The van der Waals surface area contributed by atoms with Crippen molar-refractivity contribution in [3.63, 3.8) is 0 Å². The van der Waals surface area contributed by atoms with Crippen LogP contribution in [0.2, 0.25) is 0 Å². The first-order valence-corrected chi connectivity index (χ1v) is 8.98. The van der Waals surface area contributed by atoms with Crippen molar-refractivity contribution >= 4 is 11.9 Å². The molecule has 1 aromatic rings. The fraction of sp³-hybridized carbons (Fsp3) is 0.579. The number of carbonyl (C=O) groups excluding carboxylic acids is 2. The molecule has 0 bridgehead atoms. The van der Waals surface area contributed by atoms with Gasteiger partial charge in [-0.05, 0) is 31.3 Å². The van der Waals surface area contributed by atoms with Crippen LogP contribution in [-0.2, 0) is 14.3 Å². The molecule has 1 heterocycles. The molecule has 1 atom stereocenters. The van der Waals surface area contributed by atoms with Gasteiger partial charge in [0, 0.05) is 0 Å². The van der Waals surface area contributed by atoms with Crippen LogP contribution in [0.1, 0.15) is 40.5 Å². The maximum Gasteiger partial charge on any atom is 0.328 e. The molecule has 0 aromatic carbocycles. The summed E-state index contributed by atoms with van der Waals surface area (Å²) in [6.45, 7) is 7.53. The van der Waals surface area contributed by atoms with Crippen molar-refractivity contribution in [3.8, 4) is 17.8 Å². The molecule has 0 aliphatic carbocycles. The molecule has 1 amide bonds. The molecule has 9 nitrogen and oxygen atoms in total. The lowest BCUT2D eigenvalue weighted by Gasteiger charge is -2.20. The van der Waals surface area contributed by atoms with Gasteiger partial charge in [0.2, 0.25) is 11.8 Å². The Bertz CT molecular complexity index is 695. The molecule has 0 aliphatic heterocycles. The molecular weight excluding hydrogens is 366 g/mol. The van der Waals surface area contributed by atoms with Gasteiger partial charge in [-0.25, -0.2) is 4.79 Å². The fourth-order valence-electron chi connectivity index (χ4n) is 2.27. The van der Waals surface area contributed by atoms with Crippen LogP contribution in [0.15, 0.2) is 17.4 Å². The van der Waals surface area contributed by atoms with Crippen LogP contribution in [0.4, 0.5) is 0 Å². The zero-order valence-corrected chi connectivity index (χ0v) is 17.5. The molecule has 0 fully saturated rings. The van der Waals surface area contributed by atoms with Crippen LogP contribution < -0.4 is 19.5 Å². The quantitative estimate of drug-likeness (QED) is 0.365. The van der Waals surface area contributed by atoms with Crippen molar-refractivity contribution in [2.24, 2.45) is 5.92 Å². The van der Waals surface area contributed by atoms with Crippen LogP contribution in [-0.4, -0.2) is 49.2 Å². The predicted molar refractivity (Wildman–Crippen MR) is 102 cm³/mol. The summed E-state index contributed by atoms with van der Waals surface area (Å²) in [5.74, 6) is -0.437. The van der Waals surface area contributed by atoms with Crippen molar-refractivity contribution in [2.75, 3.05) is 21.3 Å². The van der Waals surface area contributed by atoms with Crippen LogP contribution in [0.25, 0.3) is 0 Å². The lowest BCUT2D eigenvalue weighted by molar-refractivity contribution is -0.145. The number of ether oxygens (including phenoxy) is 4. The summed E-state index contributed by atoms with van der Waals surface area (Å²) in [6, 6.07) is 0.591. The molecule has 1 rings (SSSR count). The second-order valence-electron chi connectivity index (χ2n) is 6.48. The molecule has 0 aliphatic rings. The Balaban J connectivity index is 3.15. The zero-order chi connectivity index (χ0) is 21.3. The van der Waals surface area contributed by atoms with E-state index in [0.717, 1.165) is 0 Å². The second kappa shape index (κ2) is 11.1. The van der Waals surface area contributed by atoms with E-state index >= 15 is 0 Å². The van der Waals surface area contributed by atoms with Crippen LogP contribution in [0, 0.1) is 5.92 Å². The van der Waals surface area contributed by atoms with Crippen molar-refractivity contribution in [2.45, 2.75) is 46.6 Å². The average molecular weight is 395 g/mol. The van der Waals surface area contributed by atoms with E-state index in [1.807, 2.05) is 20.8 Å². The summed E-state index contributed by atoms with van der Waals surface area (Å²) in [5, 5.41) is 2.68. The first-order chi connectivity index (χ1) is 13.2. The molecule has 28 heavy (non-hydrogen) atoms. The largest absolute Gasteiger partial charge is 0.481 e. The lowest BCUT2D eigenvalue weighted by Crippen LogP contribution is -2.44. The summed E-state index contributed by atoms with van der Waals surface area (Å²) >= 11 is 0. The van der Waals surface area contributed by atoms with E-state index in [2.05, 4.69) is 15.3 Å². The number of allylic oxidation sites excluding steroid dienone is 1. The molecule has 0 saturated carbocycles. The summed E-state index contributed by atoms with van der Waals surface area (Å²) in [5.41, 5.74) is 0.663. The zero-order valence-electron chi connectivity index (χ0n) is 17.5. The summed E-state index contributed by atoms with van der Waals surface area (Å²) in [7, 11) is 4.17. The third-order valence-electron chi connectivity index (χ3n) is 3.89. The van der Waals surface area contributed by atoms with Gasteiger partial charge in [-0.3, -0.25) is 4.79 Å². The number of aromatic nitrogens is 2. The maximum absolute atomic E-state index is 12.8. The fourth-order valence-corrected chi connectivity index (χ4v) is 2.27. The number of hydrogen-bond acceptors (Lipinski definition) is 8. The maximum atomic E-state index is 12.8. The number of nitrogens with one attached hydrogen (secondary N) is 1. The molecule has 0 radical (unpaired) electrons. The van der Waals surface area contributed by atoms with E-state index in [0.29, 0.717) is 18.4 Å². The highest BCUT2D eigenvalue weighted by Crippen LogP contribution is 2.22. The topological polar surface area (TPSA) is 109 Å².